The smallest absolute Gasteiger partial charge is 0.113 e. The highest BCUT2D eigenvalue weighted by Crippen LogP contribution is 1.98. The molecule has 0 aliphatic carbocycles. The maximum atomic E-state index is 5.54. The lowest BCUT2D eigenvalue weighted by Gasteiger charge is -2.12. The molecule has 7 heteroatoms. The van der Waals surface area contributed by atoms with Crippen LogP contribution in [0.5, 0.6) is 0 Å². The molecule has 0 radical (unpaired) electrons. The fraction of sp³-hybridized carbons (Fsp3) is 1.00. The molecule has 92 valence electrons. The van der Waals surface area contributed by atoms with Crippen LogP contribution < -0.4 is 0 Å². The second-order valence-corrected chi connectivity index (χ2v) is 3.28. The molecule has 0 aromatic heterocycles. The second-order valence-electron chi connectivity index (χ2n) is 2.66. The van der Waals surface area contributed by atoms with Crippen molar-refractivity contribution >= 4 is 23.2 Å². The lowest BCUT2D eigenvalue weighted by molar-refractivity contribution is -0.518. The van der Waals surface area contributed by atoms with Crippen LogP contribution in [0.25, 0.3) is 0 Å². The predicted octanol–water partition coefficient (Wildman–Crippen LogP) is 1.37. The van der Waals surface area contributed by atoms with Crippen molar-refractivity contribution in [3.05, 3.63) is 0 Å². The molecule has 0 aliphatic rings. The predicted molar refractivity (Wildman–Crippen MR) is 56.0 cm³/mol. The van der Waals surface area contributed by atoms with Gasteiger partial charge in [-0.3, -0.25) is 0 Å². The van der Waals surface area contributed by atoms with Crippen LogP contribution in [0, 0.1) is 0 Å². The van der Waals surface area contributed by atoms with Gasteiger partial charge in [0.1, 0.15) is 13.2 Å². The summed E-state index contributed by atoms with van der Waals surface area (Å²) in [5.74, 6) is 0.643. The second kappa shape index (κ2) is 10.9. The normalized spacial score (nSPS) is 15.2. The van der Waals surface area contributed by atoms with Gasteiger partial charge in [-0.05, 0) is 0 Å². The number of rotatable bonds is 10. The van der Waals surface area contributed by atoms with Crippen molar-refractivity contribution in [1.29, 1.82) is 0 Å². The molecule has 0 saturated heterocycles. The third kappa shape index (κ3) is 8.21. The van der Waals surface area contributed by atoms with Crippen LogP contribution in [0.2, 0.25) is 0 Å². The lowest BCUT2D eigenvalue weighted by Crippen LogP contribution is -2.23. The summed E-state index contributed by atoms with van der Waals surface area (Å²) in [6.07, 6.45) is -0.442. The van der Waals surface area contributed by atoms with E-state index < -0.39 is 0 Å². The number of ether oxygens (including phenoxy) is 2. The molecule has 0 spiro atoms. The lowest BCUT2D eigenvalue weighted by atomic mass is 10.4. The first-order valence-electron chi connectivity index (χ1n) is 4.37. The van der Waals surface area contributed by atoms with Crippen molar-refractivity contribution < 1.29 is 24.3 Å². The molecule has 0 amide bonds. The molecule has 0 rings (SSSR count). The van der Waals surface area contributed by atoms with Gasteiger partial charge in [0.15, 0.2) is 0 Å². The van der Waals surface area contributed by atoms with E-state index in [1.165, 1.54) is 14.2 Å². The van der Waals surface area contributed by atoms with Crippen LogP contribution in [0.1, 0.15) is 0 Å². The number of hydrogen-bond acceptors (Lipinski definition) is 5. The molecule has 5 nitrogen and oxygen atoms in total. The average molecular weight is 263 g/mol. The monoisotopic (exact) mass is 262 g/mol. The first-order chi connectivity index (χ1) is 7.28. The van der Waals surface area contributed by atoms with Crippen LogP contribution in [0.15, 0.2) is 0 Å². The molecule has 15 heavy (non-hydrogen) atoms. The quantitative estimate of drug-likeness (QED) is 0.258. The number of halogens is 2. The van der Waals surface area contributed by atoms with Crippen LogP contribution in [0.4, 0.5) is 0 Å². The Labute approximate surface area is 99.3 Å². The van der Waals surface area contributed by atoms with Crippen LogP contribution in [-0.2, 0) is 24.3 Å². The van der Waals surface area contributed by atoms with Crippen LogP contribution in [0.3, 0.4) is 0 Å². The summed E-state index contributed by atoms with van der Waals surface area (Å²) >= 11 is 11.1. The maximum absolute atomic E-state index is 5.54. The summed E-state index contributed by atoms with van der Waals surface area (Å²) in [5.41, 5.74) is 0. The topological polar surface area (TPSA) is 46.2 Å². The SMILES string of the molecule is COC(CCl)COOOCC(CCl)OC. The van der Waals surface area contributed by atoms with Gasteiger partial charge in [0.25, 0.3) is 0 Å². The van der Waals surface area contributed by atoms with Crippen LogP contribution in [-0.4, -0.2) is 51.4 Å². The van der Waals surface area contributed by atoms with E-state index in [1.54, 1.807) is 0 Å². The van der Waals surface area contributed by atoms with Gasteiger partial charge in [0.2, 0.25) is 0 Å². The summed E-state index contributed by atoms with van der Waals surface area (Å²) in [5, 5.41) is 4.42. The van der Waals surface area contributed by atoms with Gasteiger partial charge in [0, 0.05) is 14.2 Å². The van der Waals surface area contributed by atoms with E-state index in [2.05, 4.69) is 14.8 Å². The third-order valence-corrected chi connectivity index (χ3v) is 2.30. The van der Waals surface area contributed by atoms with E-state index in [0.29, 0.717) is 11.8 Å². The largest absolute Gasteiger partial charge is 0.378 e. The number of alkyl halides is 2. The molecule has 2 unspecified atom stereocenters. The van der Waals surface area contributed by atoms with E-state index in [1.807, 2.05) is 0 Å². The Morgan fingerprint density at radius 3 is 1.53 bits per heavy atom. The minimum atomic E-state index is -0.221. The number of hydrogen-bond donors (Lipinski definition) is 0. The summed E-state index contributed by atoms with van der Waals surface area (Å²) in [7, 11) is 3.07. The molecular formula is C8H16Cl2O5. The number of methoxy groups -OCH3 is 2. The zero-order valence-electron chi connectivity index (χ0n) is 8.78. The molecule has 0 N–H and O–H groups in total. The van der Waals surface area contributed by atoms with Crippen molar-refractivity contribution in [3.63, 3.8) is 0 Å². The van der Waals surface area contributed by atoms with Crippen molar-refractivity contribution in [2.45, 2.75) is 12.2 Å². The molecule has 0 aliphatic heterocycles. The van der Waals surface area contributed by atoms with Gasteiger partial charge in [-0.15, -0.1) is 23.2 Å². The van der Waals surface area contributed by atoms with E-state index in [4.69, 9.17) is 32.7 Å². The molecule has 0 bridgehead atoms. The Hall–Kier alpha value is 0.380. The first-order valence-corrected chi connectivity index (χ1v) is 5.44. The fourth-order valence-electron chi connectivity index (χ4n) is 0.593. The molecule has 0 saturated carbocycles. The molecule has 0 fully saturated rings. The highest BCUT2D eigenvalue weighted by Gasteiger charge is 2.08. The Morgan fingerprint density at radius 2 is 1.27 bits per heavy atom. The van der Waals surface area contributed by atoms with Gasteiger partial charge in [-0.25, -0.2) is 9.78 Å². The minimum Gasteiger partial charge on any atom is -0.378 e. The Bertz CT molecular complexity index is 116. The maximum Gasteiger partial charge on any atom is 0.113 e. The third-order valence-electron chi connectivity index (χ3n) is 1.61. The van der Waals surface area contributed by atoms with E-state index in [0.717, 1.165) is 0 Å². The highest BCUT2D eigenvalue weighted by atomic mass is 35.5. The van der Waals surface area contributed by atoms with E-state index in [9.17, 15) is 0 Å². The summed E-state index contributed by atoms with van der Waals surface area (Å²) in [6, 6.07) is 0. The van der Waals surface area contributed by atoms with E-state index >= 15 is 0 Å². The summed E-state index contributed by atoms with van der Waals surface area (Å²) < 4.78 is 9.86. The zero-order valence-corrected chi connectivity index (χ0v) is 10.3. The van der Waals surface area contributed by atoms with Crippen LogP contribution >= 0.6 is 23.2 Å². The summed E-state index contributed by atoms with van der Waals surface area (Å²) in [4.78, 5) is 9.37. The molecular weight excluding hydrogens is 247 g/mol. The van der Waals surface area contributed by atoms with Gasteiger partial charge in [-0.1, -0.05) is 5.04 Å². The van der Waals surface area contributed by atoms with E-state index in [-0.39, 0.29) is 25.4 Å². The zero-order chi connectivity index (χ0) is 11.5. The molecule has 0 heterocycles. The average Bonchev–Trinajstić information content (AvgIpc) is 2.29. The van der Waals surface area contributed by atoms with Gasteiger partial charge in [-0.2, -0.15) is 0 Å². The van der Waals surface area contributed by atoms with Crippen molar-refractivity contribution in [2.75, 3.05) is 39.2 Å². The first kappa shape index (κ1) is 15.4. The fourth-order valence-corrected chi connectivity index (χ4v) is 1.02. The van der Waals surface area contributed by atoms with Crippen molar-refractivity contribution in [2.24, 2.45) is 0 Å². The minimum absolute atomic E-state index is 0.193. The standard InChI is InChI=1S/C8H16Cl2O5/c1-11-7(3-9)5-13-15-14-6-8(4-10)12-2/h7-8H,3-6H2,1-2H3. The van der Waals surface area contributed by atoms with Gasteiger partial charge < -0.3 is 9.47 Å². The molecule has 0 aromatic carbocycles. The van der Waals surface area contributed by atoms with Gasteiger partial charge in [0.05, 0.1) is 24.0 Å². The highest BCUT2D eigenvalue weighted by molar-refractivity contribution is 6.18. The Morgan fingerprint density at radius 1 is 0.867 bits per heavy atom. The van der Waals surface area contributed by atoms with Crippen molar-refractivity contribution in [1.82, 2.24) is 0 Å². The summed E-state index contributed by atoms with van der Waals surface area (Å²) in [6.45, 7) is 0.386. The van der Waals surface area contributed by atoms with Gasteiger partial charge >= 0.3 is 0 Å². The van der Waals surface area contributed by atoms with Crippen molar-refractivity contribution in [3.8, 4) is 0 Å². The molecule has 2 atom stereocenters. The Balaban J connectivity index is 3.30. The molecule has 0 aromatic rings. The Kier molecular flexibility index (Phi) is 11.2.